The van der Waals surface area contributed by atoms with E-state index in [2.05, 4.69) is 4.98 Å². The molecule has 0 aliphatic heterocycles. The highest BCUT2D eigenvalue weighted by atomic mass is 31.1. The third kappa shape index (κ3) is 3.90. The second-order valence-electron chi connectivity index (χ2n) is 4.30. The molecule has 5 heteroatoms. The van der Waals surface area contributed by atoms with Crippen LogP contribution >= 0.6 is 8.03 Å². The average Bonchev–Trinajstić information content (AvgIpc) is 2.75. The van der Waals surface area contributed by atoms with Gasteiger partial charge in [-0.2, -0.15) is 0 Å². The third-order valence-corrected chi connectivity index (χ3v) is 3.50. The Morgan fingerprint density at radius 2 is 1.94 bits per heavy atom. The molecule has 2 aromatic rings. The predicted molar refractivity (Wildman–Crippen MR) is 68.7 cm³/mol. The summed E-state index contributed by atoms with van der Waals surface area (Å²) in [5.74, 6) is 0.770. The van der Waals surface area contributed by atoms with E-state index in [1.165, 1.54) is 0 Å². The lowest BCUT2D eigenvalue weighted by Gasteiger charge is -1.96. The number of oxazole rings is 1. The van der Waals surface area contributed by atoms with Crippen molar-refractivity contribution in [3.63, 3.8) is 0 Å². The zero-order valence-electron chi connectivity index (χ0n) is 10.2. The molecule has 1 aromatic heterocycles. The van der Waals surface area contributed by atoms with Crippen LogP contribution in [0.25, 0.3) is 11.1 Å². The van der Waals surface area contributed by atoms with Crippen LogP contribution in [0.1, 0.15) is 31.6 Å². The minimum atomic E-state index is -2.21. The Labute approximate surface area is 107 Å². The van der Waals surface area contributed by atoms with Crippen molar-refractivity contribution in [2.24, 2.45) is 0 Å². The Balaban J connectivity index is 1.72. The van der Waals surface area contributed by atoms with Gasteiger partial charge in [-0.25, -0.2) is 4.98 Å². The van der Waals surface area contributed by atoms with Crippen molar-refractivity contribution in [1.29, 1.82) is 0 Å². The lowest BCUT2D eigenvalue weighted by atomic mass is 10.1. The first-order valence-corrected chi connectivity index (χ1v) is 7.58. The van der Waals surface area contributed by atoms with Gasteiger partial charge >= 0.3 is 8.03 Å². The number of fused-ring (bicyclic) bond motifs is 1. The first-order valence-electron chi connectivity index (χ1n) is 6.22. The van der Waals surface area contributed by atoms with Gasteiger partial charge in [-0.15, -0.1) is 0 Å². The smallest absolute Gasteiger partial charge is 0.308 e. The highest BCUT2D eigenvalue weighted by Gasteiger charge is 2.04. The molecule has 0 saturated heterocycles. The zero-order valence-corrected chi connectivity index (χ0v) is 11.1. The van der Waals surface area contributed by atoms with E-state index in [1.807, 2.05) is 24.3 Å². The molecule has 2 rings (SSSR count). The van der Waals surface area contributed by atoms with E-state index in [-0.39, 0.29) is 0 Å². The van der Waals surface area contributed by atoms with Crippen LogP contribution in [0.2, 0.25) is 0 Å². The summed E-state index contributed by atoms with van der Waals surface area (Å²) < 4.78 is 16.0. The minimum absolute atomic E-state index is 0.304. The van der Waals surface area contributed by atoms with E-state index in [0.717, 1.165) is 49.1 Å². The standard InChI is InChI=1S/C13H16NO3P/c15-18(16)10-6-2-1-3-9-13-14-11-7-4-5-8-12(11)17-13/h4-5,7-8H,1-3,6,9-10H2. The van der Waals surface area contributed by atoms with Crippen LogP contribution < -0.4 is 4.89 Å². The number of hydrogen-bond donors (Lipinski definition) is 0. The zero-order chi connectivity index (χ0) is 12.8. The van der Waals surface area contributed by atoms with Crippen molar-refractivity contribution in [2.45, 2.75) is 32.1 Å². The maximum atomic E-state index is 10.4. The average molecular weight is 265 g/mol. The summed E-state index contributed by atoms with van der Waals surface area (Å²) in [5.41, 5.74) is 1.73. The van der Waals surface area contributed by atoms with E-state index in [1.54, 1.807) is 0 Å². The molecular weight excluding hydrogens is 249 g/mol. The fourth-order valence-corrected chi connectivity index (χ4v) is 2.38. The van der Waals surface area contributed by atoms with Crippen LogP contribution in [-0.2, 0) is 11.0 Å². The first kappa shape index (κ1) is 13.2. The summed E-state index contributed by atoms with van der Waals surface area (Å²) in [6.07, 6.45) is 4.83. The topological polar surface area (TPSA) is 66.2 Å². The van der Waals surface area contributed by atoms with Crippen LogP contribution in [0, 0.1) is 0 Å². The summed E-state index contributed by atoms with van der Waals surface area (Å²) in [6, 6.07) is 7.73. The van der Waals surface area contributed by atoms with E-state index < -0.39 is 8.03 Å². The van der Waals surface area contributed by atoms with Crippen molar-refractivity contribution in [3.8, 4) is 0 Å². The number of unbranched alkanes of at least 4 members (excludes halogenated alkanes) is 3. The number of benzene rings is 1. The number of hydrogen-bond acceptors (Lipinski definition) is 4. The molecule has 0 radical (unpaired) electrons. The van der Waals surface area contributed by atoms with E-state index in [9.17, 15) is 9.46 Å². The molecule has 0 aliphatic carbocycles. The molecule has 0 N–H and O–H groups in total. The summed E-state index contributed by atoms with van der Waals surface area (Å²) >= 11 is 0. The number of aromatic nitrogens is 1. The molecule has 1 unspecified atom stereocenters. The molecule has 1 heterocycles. The van der Waals surface area contributed by atoms with Crippen molar-refractivity contribution >= 4 is 19.1 Å². The van der Waals surface area contributed by atoms with E-state index in [4.69, 9.17) is 4.42 Å². The van der Waals surface area contributed by atoms with Crippen LogP contribution in [0.3, 0.4) is 0 Å². The van der Waals surface area contributed by atoms with Gasteiger partial charge in [-0.3, -0.25) is 0 Å². The Hall–Kier alpha value is -1.25. The number of nitrogens with zero attached hydrogens (tertiary/aromatic N) is 1. The number of aryl methyl sites for hydroxylation is 1. The van der Waals surface area contributed by atoms with Crippen LogP contribution in [0.15, 0.2) is 28.7 Å². The molecule has 96 valence electrons. The quantitative estimate of drug-likeness (QED) is 0.570. The van der Waals surface area contributed by atoms with Gasteiger partial charge in [-0.05, 0) is 31.4 Å². The largest absolute Gasteiger partial charge is 0.596 e. The number of para-hydroxylation sites is 2. The molecular formula is C13H16NO3P. The maximum absolute atomic E-state index is 10.4. The van der Waals surface area contributed by atoms with Crippen molar-refractivity contribution < 1.29 is 13.9 Å². The fraction of sp³-hybridized carbons (Fsp3) is 0.462. The summed E-state index contributed by atoms with van der Waals surface area (Å²) in [5, 5.41) is 0. The van der Waals surface area contributed by atoms with Crippen molar-refractivity contribution in [2.75, 3.05) is 6.16 Å². The SMILES string of the molecule is O=[P+]([O-])CCCCCCc1nc2ccccc2o1. The maximum Gasteiger partial charge on any atom is 0.308 e. The molecule has 0 amide bonds. The van der Waals surface area contributed by atoms with Gasteiger partial charge in [0.25, 0.3) is 0 Å². The van der Waals surface area contributed by atoms with Gasteiger partial charge in [0.15, 0.2) is 11.5 Å². The molecule has 1 atom stereocenters. The van der Waals surface area contributed by atoms with Gasteiger partial charge in [0, 0.05) is 6.42 Å². The second kappa shape index (κ2) is 6.62. The lowest BCUT2D eigenvalue weighted by molar-refractivity contribution is -0.164. The summed E-state index contributed by atoms with van der Waals surface area (Å²) in [4.78, 5) is 14.8. The van der Waals surface area contributed by atoms with Crippen LogP contribution in [-0.4, -0.2) is 11.1 Å². The molecule has 0 saturated carbocycles. The highest BCUT2D eigenvalue weighted by Crippen LogP contribution is 2.17. The third-order valence-electron chi connectivity index (χ3n) is 2.82. The Kier molecular flexibility index (Phi) is 4.85. The molecule has 1 aromatic carbocycles. The highest BCUT2D eigenvalue weighted by molar-refractivity contribution is 7.36. The van der Waals surface area contributed by atoms with E-state index in [0.29, 0.717) is 6.16 Å². The summed E-state index contributed by atoms with van der Waals surface area (Å²) in [7, 11) is -2.21. The fourth-order valence-electron chi connectivity index (χ4n) is 1.90. The van der Waals surface area contributed by atoms with E-state index >= 15 is 0 Å². The first-order chi connectivity index (χ1) is 8.75. The van der Waals surface area contributed by atoms with Gasteiger partial charge in [0.2, 0.25) is 0 Å². The van der Waals surface area contributed by atoms with Crippen LogP contribution in [0.4, 0.5) is 0 Å². The van der Waals surface area contributed by atoms with Crippen LogP contribution in [0.5, 0.6) is 0 Å². The molecule has 0 bridgehead atoms. The lowest BCUT2D eigenvalue weighted by Crippen LogP contribution is -1.92. The van der Waals surface area contributed by atoms with Gasteiger partial charge < -0.3 is 9.31 Å². The van der Waals surface area contributed by atoms with Gasteiger partial charge in [0.1, 0.15) is 11.7 Å². The summed E-state index contributed by atoms with van der Waals surface area (Å²) in [6.45, 7) is 0. The van der Waals surface area contributed by atoms with Crippen molar-refractivity contribution in [1.82, 2.24) is 4.98 Å². The Morgan fingerprint density at radius 3 is 2.72 bits per heavy atom. The monoisotopic (exact) mass is 265 g/mol. The molecule has 4 nitrogen and oxygen atoms in total. The van der Waals surface area contributed by atoms with Gasteiger partial charge in [-0.1, -0.05) is 23.1 Å². The Bertz CT molecular complexity index is 491. The predicted octanol–water partition coefficient (Wildman–Crippen LogP) is 3.03. The Morgan fingerprint density at radius 1 is 1.17 bits per heavy atom. The molecule has 18 heavy (non-hydrogen) atoms. The normalized spacial score (nSPS) is 11.9. The molecule has 0 aliphatic rings. The molecule has 0 spiro atoms. The number of rotatable bonds is 7. The minimum Gasteiger partial charge on any atom is -0.596 e. The van der Waals surface area contributed by atoms with Gasteiger partial charge in [0.05, 0.1) is 0 Å². The molecule has 0 fully saturated rings. The van der Waals surface area contributed by atoms with Crippen molar-refractivity contribution in [3.05, 3.63) is 30.2 Å². The second-order valence-corrected chi connectivity index (χ2v) is 5.41.